The van der Waals surface area contributed by atoms with Gasteiger partial charge in [-0.1, -0.05) is 24.8 Å². The van der Waals surface area contributed by atoms with Crippen LogP contribution in [-0.2, 0) is 20.9 Å². The molecule has 1 unspecified atom stereocenters. The van der Waals surface area contributed by atoms with Gasteiger partial charge in [0.05, 0.1) is 26.3 Å². The molecule has 2 aromatic carbocycles. The van der Waals surface area contributed by atoms with E-state index in [1.807, 2.05) is 0 Å². The Labute approximate surface area is 191 Å². The van der Waals surface area contributed by atoms with Gasteiger partial charge in [-0.2, -0.15) is 0 Å². The van der Waals surface area contributed by atoms with Gasteiger partial charge in [-0.25, -0.2) is 13.6 Å². The van der Waals surface area contributed by atoms with E-state index in [1.165, 1.54) is 37.3 Å². The topological polar surface area (TPSA) is 65.1 Å². The molecule has 0 fully saturated rings. The van der Waals surface area contributed by atoms with Crippen molar-refractivity contribution in [2.45, 2.75) is 25.8 Å². The van der Waals surface area contributed by atoms with Crippen molar-refractivity contribution < 1.29 is 32.6 Å². The van der Waals surface area contributed by atoms with Gasteiger partial charge >= 0.3 is 5.97 Å². The number of hydrogen-bond donors (Lipinski definition) is 0. The van der Waals surface area contributed by atoms with E-state index in [0.717, 1.165) is 6.07 Å². The van der Waals surface area contributed by atoms with Gasteiger partial charge in [-0.3, -0.25) is 4.79 Å². The van der Waals surface area contributed by atoms with Crippen LogP contribution in [0.15, 0.2) is 60.3 Å². The van der Waals surface area contributed by atoms with E-state index in [9.17, 15) is 18.4 Å². The number of benzene rings is 2. The second kappa shape index (κ2) is 10.3. The standard InChI is InChI=1S/C25H25F2NO5/c1-5-11-33-25(30)23-15(2)28(14-16-7-6-8-20(26)24(16)27)22(29)13-19(23)18-12-17(31-3)9-10-21(18)32-4/h5-10,12,19H,1,11,13-14H2,2-4H3. The van der Waals surface area contributed by atoms with Crippen LogP contribution < -0.4 is 9.47 Å². The van der Waals surface area contributed by atoms with Crippen LogP contribution in [0.1, 0.15) is 30.4 Å². The summed E-state index contributed by atoms with van der Waals surface area (Å²) < 4.78 is 44.1. The highest BCUT2D eigenvalue weighted by Crippen LogP contribution is 2.42. The number of hydrogen-bond acceptors (Lipinski definition) is 5. The molecule has 0 N–H and O–H groups in total. The SMILES string of the molecule is C=CCOC(=O)C1=C(C)N(Cc2cccc(F)c2F)C(=O)CC1c1cc(OC)ccc1OC. The van der Waals surface area contributed by atoms with E-state index < -0.39 is 23.5 Å². The van der Waals surface area contributed by atoms with Crippen molar-refractivity contribution in [1.29, 1.82) is 0 Å². The highest BCUT2D eigenvalue weighted by Gasteiger charge is 2.38. The molecule has 0 aliphatic carbocycles. The average Bonchev–Trinajstić information content (AvgIpc) is 2.81. The van der Waals surface area contributed by atoms with Crippen molar-refractivity contribution in [3.8, 4) is 11.5 Å². The summed E-state index contributed by atoms with van der Waals surface area (Å²) in [6.45, 7) is 4.88. The minimum absolute atomic E-state index is 0.00100. The minimum atomic E-state index is -1.04. The molecule has 33 heavy (non-hydrogen) atoms. The molecular weight excluding hydrogens is 432 g/mol. The number of nitrogens with zero attached hydrogens (tertiary/aromatic N) is 1. The maximum absolute atomic E-state index is 14.3. The zero-order valence-corrected chi connectivity index (χ0v) is 18.7. The third kappa shape index (κ3) is 4.89. The number of amides is 1. The largest absolute Gasteiger partial charge is 0.497 e. The van der Waals surface area contributed by atoms with Crippen LogP contribution in [-0.4, -0.2) is 37.6 Å². The van der Waals surface area contributed by atoms with E-state index in [-0.39, 0.29) is 36.6 Å². The molecule has 0 spiro atoms. The molecular formula is C25H25F2NO5. The summed E-state index contributed by atoms with van der Waals surface area (Å²) in [4.78, 5) is 27.5. The molecule has 1 aliphatic heterocycles. The first-order valence-electron chi connectivity index (χ1n) is 10.3. The molecule has 2 aromatic rings. The average molecular weight is 457 g/mol. The summed E-state index contributed by atoms with van der Waals surface area (Å²) >= 11 is 0. The lowest BCUT2D eigenvalue weighted by atomic mass is 9.83. The van der Waals surface area contributed by atoms with E-state index in [2.05, 4.69) is 6.58 Å². The van der Waals surface area contributed by atoms with E-state index >= 15 is 0 Å². The predicted molar refractivity (Wildman–Crippen MR) is 118 cm³/mol. The molecule has 0 radical (unpaired) electrons. The molecule has 1 amide bonds. The highest BCUT2D eigenvalue weighted by atomic mass is 19.2. The number of allylic oxidation sites excluding steroid dienone is 1. The zero-order chi connectivity index (χ0) is 24.1. The van der Waals surface area contributed by atoms with Crippen LogP contribution >= 0.6 is 0 Å². The monoisotopic (exact) mass is 457 g/mol. The van der Waals surface area contributed by atoms with E-state index in [1.54, 1.807) is 25.1 Å². The van der Waals surface area contributed by atoms with Crippen LogP contribution in [0.2, 0.25) is 0 Å². The molecule has 1 atom stereocenters. The van der Waals surface area contributed by atoms with Crippen molar-refractivity contribution in [2.24, 2.45) is 0 Å². The predicted octanol–water partition coefficient (Wildman–Crippen LogP) is 4.50. The zero-order valence-electron chi connectivity index (χ0n) is 18.7. The van der Waals surface area contributed by atoms with Crippen LogP contribution in [0, 0.1) is 11.6 Å². The van der Waals surface area contributed by atoms with Gasteiger partial charge in [-0.15, -0.1) is 0 Å². The Hall–Kier alpha value is -3.68. The normalized spacial score (nSPS) is 16.0. The smallest absolute Gasteiger partial charge is 0.336 e. The molecule has 0 bridgehead atoms. The van der Waals surface area contributed by atoms with Crippen LogP contribution in [0.3, 0.4) is 0 Å². The van der Waals surface area contributed by atoms with Gasteiger partial charge in [0.25, 0.3) is 0 Å². The Morgan fingerprint density at radius 3 is 2.64 bits per heavy atom. The lowest BCUT2D eigenvalue weighted by molar-refractivity contribution is -0.139. The van der Waals surface area contributed by atoms with Crippen molar-refractivity contribution in [3.63, 3.8) is 0 Å². The third-order valence-corrected chi connectivity index (χ3v) is 5.55. The molecule has 1 aliphatic rings. The molecule has 6 nitrogen and oxygen atoms in total. The number of ether oxygens (including phenoxy) is 3. The Bertz CT molecular complexity index is 1110. The minimum Gasteiger partial charge on any atom is -0.497 e. The molecule has 3 rings (SSSR count). The number of carbonyl (C=O) groups excluding carboxylic acids is 2. The van der Waals surface area contributed by atoms with Crippen LogP contribution in [0.25, 0.3) is 0 Å². The highest BCUT2D eigenvalue weighted by molar-refractivity contribution is 5.96. The van der Waals surface area contributed by atoms with Crippen molar-refractivity contribution in [1.82, 2.24) is 4.90 Å². The maximum Gasteiger partial charge on any atom is 0.336 e. The first-order valence-corrected chi connectivity index (χ1v) is 10.3. The molecule has 0 saturated heterocycles. The Morgan fingerprint density at radius 1 is 1.21 bits per heavy atom. The van der Waals surface area contributed by atoms with E-state index in [0.29, 0.717) is 22.8 Å². The van der Waals surface area contributed by atoms with Crippen molar-refractivity contribution in [2.75, 3.05) is 20.8 Å². The number of rotatable bonds is 8. The third-order valence-electron chi connectivity index (χ3n) is 5.55. The maximum atomic E-state index is 14.3. The van der Waals surface area contributed by atoms with Crippen molar-refractivity contribution >= 4 is 11.9 Å². The lowest BCUT2D eigenvalue weighted by Gasteiger charge is -2.35. The molecule has 1 heterocycles. The summed E-state index contributed by atoms with van der Waals surface area (Å²) in [6.07, 6.45) is 1.33. The number of carbonyl (C=O) groups is 2. The summed E-state index contributed by atoms with van der Waals surface area (Å²) in [5, 5.41) is 0. The van der Waals surface area contributed by atoms with Gasteiger partial charge in [0, 0.05) is 29.2 Å². The second-order valence-electron chi connectivity index (χ2n) is 7.44. The van der Waals surface area contributed by atoms with Gasteiger partial charge < -0.3 is 19.1 Å². The summed E-state index contributed by atoms with van der Waals surface area (Å²) in [5.41, 5.74) is 1.09. The van der Waals surface area contributed by atoms with Gasteiger partial charge in [0.15, 0.2) is 11.6 Å². The molecule has 8 heteroatoms. The second-order valence-corrected chi connectivity index (χ2v) is 7.44. The first kappa shape index (κ1) is 24.0. The quantitative estimate of drug-likeness (QED) is 0.431. The van der Waals surface area contributed by atoms with E-state index in [4.69, 9.17) is 14.2 Å². The molecule has 0 saturated carbocycles. The molecule has 174 valence electrons. The summed E-state index contributed by atoms with van der Waals surface area (Å²) in [7, 11) is 2.99. The summed E-state index contributed by atoms with van der Waals surface area (Å²) in [6, 6.07) is 8.86. The number of methoxy groups -OCH3 is 2. The number of esters is 1. The Morgan fingerprint density at radius 2 is 1.97 bits per heavy atom. The Balaban J connectivity index is 2.12. The van der Waals surface area contributed by atoms with Gasteiger partial charge in [0.1, 0.15) is 18.1 Å². The first-order chi connectivity index (χ1) is 15.8. The lowest BCUT2D eigenvalue weighted by Crippen LogP contribution is -2.38. The van der Waals surface area contributed by atoms with Gasteiger partial charge in [0.2, 0.25) is 5.91 Å². The van der Waals surface area contributed by atoms with Crippen molar-refractivity contribution in [3.05, 3.63) is 83.1 Å². The Kier molecular flexibility index (Phi) is 7.48. The molecule has 0 aromatic heterocycles. The summed E-state index contributed by atoms with van der Waals surface area (Å²) in [5.74, 6) is -2.73. The fraction of sp³-hybridized carbons (Fsp3) is 0.280. The van der Waals surface area contributed by atoms with Crippen LogP contribution in [0.4, 0.5) is 8.78 Å². The van der Waals surface area contributed by atoms with Gasteiger partial charge in [-0.05, 0) is 31.2 Å². The van der Waals surface area contributed by atoms with Crippen LogP contribution in [0.5, 0.6) is 11.5 Å². The number of halogens is 2. The fourth-order valence-electron chi connectivity index (χ4n) is 3.90. The fourth-order valence-corrected chi connectivity index (χ4v) is 3.90.